The van der Waals surface area contributed by atoms with Crippen molar-refractivity contribution in [1.29, 1.82) is 0 Å². The van der Waals surface area contributed by atoms with Gasteiger partial charge in [-0.15, -0.1) is 0 Å². The van der Waals surface area contributed by atoms with Crippen LogP contribution in [0.5, 0.6) is 0 Å². The first-order chi connectivity index (χ1) is 12.1. The van der Waals surface area contributed by atoms with E-state index in [-0.39, 0.29) is 17.8 Å². The fourth-order valence-electron chi connectivity index (χ4n) is 2.38. The van der Waals surface area contributed by atoms with E-state index < -0.39 is 0 Å². The minimum atomic E-state index is -0.330. The minimum Gasteiger partial charge on any atom is -0.346 e. The molecule has 5 nitrogen and oxygen atoms in total. The Hall–Kier alpha value is -3.28. The molecular formula is C19H17FN4O. The normalized spacial score (nSPS) is 12.2. The summed E-state index contributed by atoms with van der Waals surface area (Å²) < 4.78 is 14.8. The van der Waals surface area contributed by atoms with Crippen LogP contribution < -0.4 is 5.32 Å². The van der Waals surface area contributed by atoms with Gasteiger partial charge in [-0.2, -0.15) is 5.10 Å². The highest BCUT2D eigenvalue weighted by molar-refractivity contribution is 5.91. The van der Waals surface area contributed by atoms with Crippen LogP contribution in [0.3, 0.4) is 0 Å². The number of carbonyl (C=O) groups excluding carboxylic acids is 1. The lowest BCUT2D eigenvalue weighted by Gasteiger charge is -2.13. The van der Waals surface area contributed by atoms with E-state index in [0.29, 0.717) is 5.56 Å². The van der Waals surface area contributed by atoms with Crippen LogP contribution in [0.1, 0.15) is 24.1 Å². The maximum absolute atomic E-state index is 13.1. The molecule has 3 rings (SSSR count). The Bertz CT molecular complexity index is 873. The van der Waals surface area contributed by atoms with E-state index in [1.54, 1.807) is 29.2 Å². The molecule has 25 heavy (non-hydrogen) atoms. The Balaban J connectivity index is 1.61. The van der Waals surface area contributed by atoms with Gasteiger partial charge < -0.3 is 5.32 Å². The molecule has 0 saturated heterocycles. The highest BCUT2D eigenvalue weighted by atomic mass is 19.1. The maximum atomic E-state index is 13.1. The summed E-state index contributed by atoms with van der Waals surface area (Å²) >= 11 is 0. The van der Waals surface area contributed by atoms with Crippen molar-refractivity contribution < 1.29 is 9.18 Å². The lowest BCUT2D eigenvalue weighted by molar-refractivity contribution is -0.117. The Morgan fingerprint density at radius 2 is 2.04 bits per heavy atom. The van der Waals surface area contributed by atoms with E-state index in [4.69, 9.17) is 0 Å². The smallest absolute Gasteiger partial charge is 0.244 e. The summed E-state index contributed by atoms with van der Waals surface area (Å²) in [7, 11) is 0. The number of nitrogens with zero attached hydrogens (tertiary/aromatic N) is 3. The van der Waals surface area contributed by atoms with Crippen LogP contribution in [-0.2, 0) is 4.79 Å². The zero-order chi connectivity index (χ0) is 17.6. The van der Waals surface area contributed by atoms with Crippen LogP contribution >= 0.6 is 0 Å². The van der Waals surface area contributed by atoms with Gasteiger partial charge in [-0.1, -0.05) is 24.3 Å². The van der Waals surface area contributed by atoms with E-state index in [1.807, 2.05) is 31.2 Å². The van der Waals surface area contributed by atoms with Crippen molar-refractivity contribution in [3.05, 3.63) is 84.2 Å². The molecule has 0 bridgehead atoms. The van der Waals surface area contributed by atoms with Crippen molar-refractivity contribution in [3.8, 4) is 5.69 Å². The van der Waals surface area contributed by atoms with Gasteiger partial charge in [0.25, 0.3) is 0 Å². The van der Waals surface area contributed by atoms with E-state index >= 15 is 0 Å². The number of benzene rings is 2. The van der Waals surface area contributed by atoms with Crippen LogP contribution in [0.4, 0.5) is 4.39 Å². The van der Waals surface area contributed by atoms with Crippen molar-refractivity contribution in [2.45, 2.75) is 13.0 Å². The van der Waals surface area contributed by atoms with Crippen LogP contribution in [0.15, 0.2) is 67.3 Å². The average molecular weight is 336 g/mol. The maximum Gasteiger partial charge on any atom is 0.244 e. The lowest BCUT2D eigenvalue weighted by Crippen LogP contribution is -2.24. The zero-order valence-electron chi connectivity index (χ0n) is 13.6. The molecule has 3 aromatic rings. The van der Waals surface area contributed by atoms with Crippen molar-refractivity contribution >= 4 is 12.0 Å². The summed E-state index contributed by atoms with van der Waals surface area (Å²) in [5.74, 6) is -0.569. The Labute approximate surface area is 144 Å². The summed E-state index contributed by atoms with van der Waals surface area (Å²) in [5.41, 5.74) is 2.50. The van der Waals surface area contributed by atoms with Crippen LogP contribution in [0, 0.1) is 5.82 Å². The summed E-state index contributed by atoms with van der Waals surface area (Å²) in [6.45, 7) is 1.90. The fraction of sp³-hybridized carbons (Fsp3) is 0.105. The number of hydrogen-bond donors (Lipinski definition) is 1. The third-order valence-corrected chi connectivity index (χ3v) is 3.71. The largest absolute Gasteiger partial charge is 0.346 e. The van der Waals surface area contributed by atoms with Gasteiger partial charge in [0.15, 0.2) is 0 Å². The summed E-state index contributed by atoms with van der Waals surface area (Å²) in [5, 5.41) is 6.95. The van der Waals surface area contributed by atoms with Gasteiger partial charge in [-0.25, -0.2) is 14.1 Å². The lowest BCUT2D eigenvalue weighted by atomic mass is 10.1. The van der Waals surface area contributed by atoms with Crippen molar-refractivity contribution in [3.63, 3.8) is 0 Å². The topological polar surface area (TPSA) is 59.8 Å². The summed E-state index contributed by atoms with van der Waals surface area (Å²) in [6, 6.07) is 13.6. The molecule has 0 saturated carbocycles. The molecule has 6 heteroatoms. The van der Waals surface area contributed by atoms with Gasteiger partial charge in [0.2, 0.25) is 5.91 Å². The molecule has 1 aromatic heterocycles. The Kier molecular flexibility index (Phi) is 4.99. The molecule has 2 aromatic carbocycles. The number of hydrogen-bond acceptors (Lipinski definition) is 3. The molecule has 0 fully saturated rings. The summed E-state index contributed by atoms with van der Waals surface area (Å²) in [6.07, 6.45) is 6.08. The average Bonchev–Trinajstić information content (AvgIpc) is 3.15. The quantitative estimate of drug-likeness (QED) is 0.727. The number of carbonyl (C=O) groups is 1. The highest BCUT2D eigenvalue weighted by Gasteiger charge is 2.08. The van der Waals surface area contributed by atoms with E-state index in [1.165, 1.54) is 24.5 Å². The second-order valence-electron chi connectivity index (χ2n) is 5.55. The first-order valence-electron chi connectivity index (χ1n) is 7.81. The number of rotatable bonds is 5. The van der Waals surface area contributed by atoms with Crippen molar-refractivity contribution in [2.75, 3.05) is 0 Å². The van der Waals surface area contributed by atoms with Gasteiger partial charge in [0.05, 0.1) is 11.7 Å². The van der Waals surface area contributed by atoms with Crippen molar-refractivity contribution in [2.24, 2.45) is 0 Å². The summed E-state index contributed by atoms with van der Waals surface area (Å²) in [4.78, 5) is 15.9. The number of amides is 1. The molecule has 126 valence electrons. The first kappa shape index (κ1) is 16.6. The molecule has 1 atom stereocenters. The van der Waals surface area contributed by atoms with E-state index in [0.717, 1.165) is 11.3 Å². The van der Waals surface area contributed by atoms with Gasteiger partial charge in [0, 0.05) is 6.08 Å². The molecule has 0 aliphatic carbocycles. The Morgan fingerprint density at radius 3 is 2.72 bits per heavy atom. The molecule has 1 amide bonds. The number of aromatic nitrogens is 3. The van der Waals surface area contributed by atoms with Crippen LogP contribution in [0.2, 0.25) is 0 Å². The monoisotopic (exact) mass is 336 g/mol. The SMILES string of the molecule is CC(NC(=O)/C=C/c1cccc(F)c1)c1ccc(-n2cncn2)cc1. The fourth-order valence-corrected chi connectivity index (χ4v) is 2.38. The second kappa shape index (κ2) is 7.53. The third kappa shape index (κ3) is 4.38. The molecule has 1 N–H and O–H groups in total. The van der Waals surface area contributed by atoms with Crippen LogP contribution in [0.25, 0.3) is 11.8 Å². The first-order valence-corrected chi connectivity index (χ1v) is 7.81. The third-order valence-electron chi connectivity index (χ3n) is 3.71. The molecule has 0 aliphatic heterocycles. The second-order valence-corrected chi connectivity index (χ2v) is 5.55. The van der Waals surface area contributed by atoms with Gasteiger partial charge in [-0.05, 0) is 48.4 Å². The standard InChI is InChI=1S/C19H17FN4O/c1-14(16-6-8-18(9-7-16)24-13-21-12-22-24)23-19(25)10-5-15-3-2-4-17(20)11-15/h2-14H,1H3,(H,23,25)/b10-5+. The number of halogens is 1. The minimum absolute atomic E-state index is 0.158. The van der Waals surface area contributed by atoms with E-state index in [9.17, 15) is 9.18 Å². The predicted molar refractivity (Wildman–Crippen MR) is 93.4 cm³/mol. The van der Waals surface area contributed by atoms with Gasteiger partial charge in [0.1, 0.15) is 18.5 Å². The molecule has 1 heterocycles. The highest BCUT2D eigenvalue weighted by Crippen LogP contribution is 2.15. The molecule has 0 spiro atoms. The number of nitrogens with one attached hydrogen (secondary N) is 1. The molecular weight excluding hydrogens is 319 g/mol. The predicted octanol–water partition coefficient (Wildman–Crippen LogP) is 3.30. The van der Waals surface area contributed by atoms with E-state index in [2.05, 4.69) is 15.4 Å². The van der Waals surface area contributed by atoms with Crippen LogP contribution in [-0.4, -0.2) is 20.7 Å². The molecule has 0 radical (unpaired) electrons. The molecule has 0 aliphatic rings. The van der Waals surface area contributed by atoms with Gasteiger partial charge in [-0.3, -0.25) is 4.79 Å². The zero-order valence-corrected chi connectivity index (χ0v) is 13.6. The Morgan fingerprint density at radius 1 is 1.24 bits per heavy atom. The van der Waals surface area contributed by atoms with Crippen molar-refractivity contribution in [1.82, 2.24) is 20.1 Å². The molecule has 1 unspecified atom stereocenters. The van der Waals surface area contributed by atoms with Gasteiger partial charge >= 0.3 is 0 Å².